The molecule has 0 aliphatic heterocycles. The van der Waals surface area contributed by atoms with Crippen LogP contribution in [0.15, 0.2) is 51.5 Å². The molecule has 0 radical (unpaired) electrons. The molecule has 2 rings (SSSR count). The maximum Gasteiger partial charge on any atom is 0.415 e. The molecule has 0 unspecified atom stereocenters. The lowest BCUT2D eigenvalue weighted by molar-refractivity contribution is -0.102. The average Bonchev–Trinajstić information content (AvgIpc) is 2.99. The molecule has 29 heavy (non-hydrogen) atoms. The highest BCUT2D eigenvalue weighted by atomic mass is 32.2. The summed E-state index contributed by atoms with van der Waals surface area (Å²) in [5.41, 5.74) is -4.91. The van der Waals surface area contributed by atoms with E-state index in [0.29, 0.717) is 11.8 Å². The van der Waals surface area contributed by atoms with Gasteiger partial charge < -0.3 is 0 Å². The zero-order chi connectivity index (χ0) is 22.4. The van der Waals surface area contributed by atoms with Gasteiger partial charge in [0.2, 0.25) is 0 Å². The molecule has 156 valence electrons. The van der Waals surface area contributed by atoms with Gasteiger partial charge in [-0.05, 0) is 24.1 Å². The number of aryl methyl sites for hydroxylation is 1. The standard InChI is InChI=1S/C18H12F6N2S.C2H6/c1-2-3-10-4-6-11(7-5-10)27-16-14(17(19,20)21)12(8-25)13(9-26)15(16)18(22,23)24;1-2/h4-7,16H,2-3H2,1H3;1-2H3. The molecule has 0 bridgehead atoms. The SMILES string of the molecule is CC.CCCc1ccc(SC2C(C(F)(F)F)=C(C#N)C(C#N)=C2C(F)(F)F)cc1. The Kier molecular flexibility index (Phi) is 8.40. The first-order chi connectivity index (χ1) is 13.5. The molecule has 0 heterocycles. The van der Waals surface area contributed by atoms with Crippen molar-refractivity contribution in [2.24, 2.45) is 0 Å². The molecule has 0 amide bonds. The minimum atomic E-state index is -5.18. The molecule has 1 aromatic rings. The summed E-state index contributed by atoms with van der Waals surface area (Å²) in [5.74, 6) is 0. The Morgan fingerprint density at radius 1 is 0.862 bits per heavy atom. The lowest BCUT2D eigenvalue weighted by Crippen LogP contribution is -2.27. The Hall–Kier alpha value is -2.39. The van der Waals surface area contributed by atoms with Gasteiger partial charge in [0.05, 0.1) is 27.5 Å². The summed E-state index contributed by atoms with van der Waals surface area (Å²) in [6.45, 7) is 5.94. The summed E-state index contributed by atoms with van der Waals surface area (Å²) < 4.78 is 80.8. The minimum absolute atomic E-state index is 0.180. The van der Waals surface area contributed by atoms with Crippen LogP contribution >= 0.6 is 11.8 Å². The Balaban J connectivity index is 0.00000204. The van der Waals surface area contributed by atoms with Crippen LogP contribution < -0.4 is 0 Å². The maximum atomic E-state index is 13.5. The molecule has 1 aromatic carbocycles. The van der Waals surface area contributed by atoms with Gasteiger partial charge in [-0.15, -0.1) is 11.8 Å². The highest BCUT2D eigenvalue weighted by Crippen LogP contribution is 2.53. The topological polar surface area (TPSA) is 47.6 Å². The van der Waals surface area contributed by atoms with E-state index in [4.69, 9.17) is 10.5 Å². The Morgan fingerprint density at radius 2 is 1.28 bits per heavy atom. The van der Waals surface area contributed by atoms with Crippen molar-refractivity contribution >= 4 is 11.8 Å². The van der Waals surface area contributed by atoms with E-state index >= 15 is 0 Å². The number of halogens is 6. The first-order valence-corrected chi connectivity index (χ1v) is 9.61. The van der Waals surface area contributed by atoms with Crippen molar-refractivity contribution in [2.45, 2.75) is 56.1 Å². The van der Waals surface area contributed by atoms with Crippen molar-refractivity contribution in [1.82, 2.24) is 0 Å². The number of nitriles is 2. The van der Waals surface area contributed by atoms with Gasteiger partial charge in [0, 0.05) is 4.90 Å². The van der Waals surface area contributed by atoms with Crippen LogP contribution in [0.1, 0.15) is 32.8 Å². The van der Waals surface area contributed by atoms with E-state index < -0.39 is 39.9 Å². The highest BCUT2D eigenvalue weighted by Gasteiger charge is 2.55. The van der Waals surface area contributed by atoms with Crippen LogP contribution in [-0.4, -0.2) is 17.6 Å². The van der Waals surface area contributed by atoms with E-state index in [9.17, 15) is 26.3 Å². The third-order valence-electron chi connectivity index (χ3n) is 3.86. The minimum Gasteiger partial charge on any atom is -0.192 e. The van der Waals surface area contributed by atoms with Crippen molar-refractivity contribution < 1.29 is 26.3 Å². The molecule has 2 nitrogen and oxygen atoms in total. The van der Waals surface area contributed by atoms with E-state index in [0.717, 1.165) is 30.5 Å². The van der Waals surface area contributed by atoms with Gasteiger partial charge in [0.15, 0.2) is 0 Å². The van der Waals surface area contributed by atoms with Gasteiger partial charge in [0.25, 0.3) is 0 Å². The smallest absolute Gasteiger partial charge is 0.192 e. The summed E-state index contributed by atoms with van der Waals surface area (Å²) in [4.78, 5) is 0.180. The van der Waals surface area contributed by atoms with Crippen LogP contribution in [-0.2, 0) is 6.42 Å². The van der Waals surface area contributed by atoms with E-state index in [1.165, 1.54) is 12.1 Å². The Bertz CT molecular complexity index is 817. The molecule has 0 N–H and O–H groups in total. The largest absolute Gasteiger partial charge is 0.415 e. The fourth-order valence-electron chi connectivity index (χ4n) is 2.77. The van der Waals surface area contributed by atoms with Gasteiger partial charge in [-0.1, -0.05) is 39.3 Å². The molecular weight excluding hydrogens is 414 g/mol. The Morgan fingerprint density at radius 3 is 1.59 bits per heavy atom. The van der Waals surface area contributed by atoms with Gasteiger partial charge >= 0.3 is 12.4 Å². The van der Waals surface area contributed by atoms with Crippen molar-refractivity contribution in [1.29, 1.82) is 10.5 Å². The summed E-state index contributed by atoms with van der Waals surface area (Å²) >= 11 is 0.328. The van der Waals surface area contributed by atoms with Crippen LogP contribution in [0.25, 0.3) is 0 Å². The molecule has 0 fully saturated rings. The molecule has 0 aromatic heterocycles. The number of benzene rings is 1. The van der Waals surface area contributed by atoms with Gasteiger partial charge in [-0.2, -0.15) is 36.9 Å². The molecule has 1 aliphatic carbocycles. The van der Waals surface area contributed by atoms with Gasteiger partial charge in [-0.25, -0.2) is 0 Å². The first kappa shape index (κ1) is 24.6. The number of hydrogen-bond donors (Lipinski definition) is 0. The third-order valence-corrected chi connectivity index (χ3v) is 5.11. The van der Waals surface area contributed by atoms with Crippen LogP contribution in [0.3, 0.4) is 0 Å². The van der Waals surface area contributed by atoms with E-state index in [2.05, 4.69) is 0 Å². The van der Waals surface area contributed by atoms with Crippen LogP contribution in [0.2, 0.25) is 0 Å². The van der Waals surface area contributed by atoms with Crippen molar-refractivity contribution in [2.75, 3.05) is 0 Å². The van der Waals surface area contributed by atoms with Crippen molar-refractivity contribution in [3.8, 4) is 12.1 Å². The summed E-state index contributed by atoms with van der Waals surface area (Å²) in [6, 6.07) is 8.40. The summed E-state index contributed by atoms with van der Waals surface area (Å²) in [6.07, 6.45) is -8.79. The van der Waals surface area contributed by atoms with Gasteiger partial charge in [0.1, 0.15) is 12.1 Å². The predicted molar refractivity (Wildman–Crippen MR) is 98.8 cm³/mol. The molecule has 0 spiro atoms. The molecule has 0 saturated heterocycles. The lowest BCUT2D eigenvalue weighted by atomic mass is 10.1. The molecule has 0 atom stereocenters. The second-order valence-corrected chi connectivity index (χ2v) is 6.87. The zero-order valence-electron chi connectivity index (χ0n) is 15.9. The lowest BCUT2D eigenvalue weighted by Gasteiger charge is -2.22. The fraction of sp³-hybridized carbons (Fsp3) is 0.400. The quantitative estimate of drug-likeness (QED) is 0.486. The van der Waals surface area contributed by atoms with Crippen LogP contribution in [0.4, 0.5) is 26.3 Å². The second-order valence-electron chi connectivity index (χ2n) is 5.69. The van der Waals surface area contributed by atoms with Crippen LogP contribution in [0.5, 0.6) is 0 Å². The molecule has 1 aliphatic rings. The first-order valence-electron chi connectivity index (χ1n) is 8.73. The number of nitrogens with zero attached hydrogens (tertiary/aromatic N) is 2. The van der Waals surface area contributed by atoms with Gasteiger partial charge in [-0.3, -0.25) is 0 Å². The van der Waals surface area contributed by atoms with Crippen LogP contribution in [0, 0.1) is 22.7 Å². The number of alkyl halides is 6. The van der Waals surface area contributed by atoms with Crippen molar-refractivity contribution in [3.63, 3.8) is 0 Å². The number of rotatable bonds is 4. The third kappa shape index (κ3) is 5.57. The normalized spacial score (nSPS) is 15.0. The highest BCUT2D eigenvalue weighted by molar-refractivity contribution is 8.00. The van der Waals surface area contributed by atoms with E-state index in [1.807, 2.05) is 20.8 Å². The summed E-state index contributed by atoms with van der Waals surface area (Å²) in [5, 5.41) is 15.8. The number of thioether (sulfide) groups is 1. The Labute approximate surface area is 169 Å². The number of allylic oxidation sites excluding steroid dienone is 2. The van der Waals surface area contributed by atoms with E-state index in [-0.39, 0.29) is 4.90 Å². The van der Waals surface area contributed by atoms with Crippen molar-refractivity contribution in [3.05, 3.63) is 52.1 Å². The maximum absolute atomic E-state index is 13.5. The molecular formula is C20H18F6N2S. The predicted octanol–water partition coefficient (Wildman–Crippen LogP) is 6.90. The fourth-order valence-corrected chi connectivity index (χ4v) is 4.07. The number of hydrogen-bond acceptors (Lipinski definition) is 3. The molecule has 0 saturated carbocycles. The molecule has 9 heteroatoms. The second kappa shape index (κ2) is 9.89. The monoisotopic (exact) mass is 432 g/mol. The average molecular weight is 432 g/mol. The zero-order valence-corrected chi connectivity index (χ0v) is 16.7. The summed E-state index contributed by atoms with van der Waals surface area (Å²) in [7, 11) is 0. The van der Waals surface area contributed by atoms with E-state index in [1.54, 1.807) is 12.1 Å².